The van der Waals surface area contributed by atoms with Crippen molar-refractivity contribution in [2.45, 2.75) is 58.2 Å². The van der Waals surface area contributed by atoms with Gasteiger partial charge in [-0.25, -0.2) is 8.42 Å². The first kappa shape index (κ1) is 27.7. The molecule has 1 atom stereocenters. The maximum Gasteiger partial charge on any atom is 0.244 e. The van der Waals surface area contributed by atoms with Crippen LogP contribution in [0.25, 0.3) is 0 Å². The topological polar surface area (TPSA) is 104 Å². The molecule has 2 aromatic rings. The Morgan fingerprint density at radius 3 is 2.31 bits per heavy atom. The molecule has 1 N–H and O–H groups in total. The third-order valence-electron chi connectivity index (χ3n) is 6.35. The fourth-order valence-corrected chi connectivity index (χ4v) is 5.22. The summed E-state index contributed by atoms with van der Waals surface area (Å²) < 4.78 is 26.3. The molecule has 0 unspecified atom stereocenters. The molecular weight excluding hydrogens is 502 g/mol. The standard InChI is InChI=1S/C26H32ClN3O5S/c1-18(26(33)28-23-8-4-5-9-23)29(16-20-11-13-22(27)14-12-20)25(32)17-30(36(3,34)35)24-10-6-7-21(15-24)19(2)31/h6-7,10-15,18,23H,4-5,8-9,16-17H2,1-3H3,(H,28,33)/t18-/m1/s1. The second-order valence-electron chi connectivity index (χ2n) is 9.19. The van der Waals surface area contributed by atoms with Crippen molar-refractivity contribution >= 4 is 44.9 Å². The Balaban J connectivity index is 1.90. The molecule has 1 aliphatic carbocycles. The first-order valence-electron chi connectivity index (χ1n) is 11.9. The molecule has 0 heterocycles. The van der Waals surface area contributed by atoms with Gasteiger partial charge in [-0.15, -0.1) is 0 Å². The molecule has 3 rings (SSSR count). The van der Waals surface area contributed by atoms with Crippen molar-refractivity contribution in [1.29, 1.82) is 0 Å². The van der Waals surface area contributed by atoms with E-state index in [1.54, 1.807) is 43.3 Å². The van der Waals surface area contributed by atoms with Gasteiger partial charge in [0.15, 0.2) is 5.78 Å². The lowest BCUT2D eigenvalue weighted by molar-refractivity contribution is -0.139. The average molecular weight is 534 g/mol. The lowest BCUT2D eigenvalue weighted by atomic mass is 10.1. The highest BCUT2D eigenvalue weighted by molar-refractivity contribution is 7.92. The number of hydrogen-bond donors (Lipinski definition) is 1. The number of nitrogens with zero attached hydrogens (tertiary/aromatic N) is 2. The van der Waals surface area contributed by atoms with Gasteiger partial charge in [0.05, 0.1) is 11.9 Å². The zero-order valence-electron chi connectivity index (χ0n) is 20.7. The molecule has 2 amide bonds. The predicted molar refractivity (Wildman–Crippen MR) is 140 cm³/mol. The summed E-state index contributed by atoms with van der Waals surface area (Å²) in [6.45, 7) is 2.60. The largest absolute Gasteiger partial charge is 0.352 e. The average Bonchev–Trinajstić information content (AvgIpc) is 3.34. The van der Waals surface area contributed by atoms with Gasteiger partial charge in [-0.3, -0.25) is 18.7 Å². The number of benzene rings is 2. The van der Waals surface area contributed by atoms with E-state index in [-0.39, 0.29) is 30.0 Å². The molecular formula is C26H32ClN3O5S. The molecule has 194 valence electrons. The van der Waals surface area contributed by atoms with Gasteiger partial charge in [-0.05, 0) is 56.5 Å². The van der Waals surface area contributed by atoms with Crippen LogP contribution in [-0.4, -0.2) is 55.8 Å². The van der Waals surface area contributed by atoms with E-state index in [0.717, 1.165) is 41.8 Å². The molecule has 0 saturated heterocycles. The van der Waals surface area contributed by atoms with Crippen LogP contribution in [0.5, 0.6) is 0 Å². The van der Waals surface area contributed by atoms with Gasteiger partial charge < -0.3 is 10.2 Å². The second-order valence-corrected chi connectivity index (χ2v) is 11.5. The van der Waals surface area contributed by atoms with Gasteiger partial charge in [0.2, 0.25) is 21.8 Å². The van der Waals surface area contributed by atoms with Gasteiger partial charge >= 0.3 is 0 Å². The second kappa shape index (κ2) is 11.9. The Bertz CT molecular complexity index is 1210. The van der Waals surface area contributed by atoms with E-state index in [0.29, 0.717) is 10.6 Å². The Kier molecular flexibility index (Phi) is 9.13. The minimum absolute atomic E-state index is 0.0780. The minimum atomic E-state index is -3.88. The van der Waals surface area contributed by atoms with Crippen LogP contribution in [0.2, 0.25) is 5.02 Å². The first-order valence-corrected chi connectivity index (χ1v) is 14.1. The lowest BCUT2D eigenvalue weighted by Gasteiger charge is -2.32. The summed E-state index contributed by atoms with van der Waals surface area (Å²) >= 11 is 6.00. The molecule has 0 aliphatic heterocycles. The summed E-state index contributed by atoms with van der Waals surface area (Å²) in [6, 6.07) is 12.3. The van der Waals surface area contributed by atoms with Crippen molar-refractivity contribution in [3.05, 3.63) is 64.7 Å². The van der Waals surface area contributed by atoms with Gasteiger partial charge in [0.1, 0.15) is 12.6 Å². The van der Waals surface area contributed by atoms with Crippen molar-refractivity contribution in [2.24, 2.45) is 0 Å². The molecule has 1 aliphatic rings. The number of carbonyl (C=O) groups is 3. The molecule has 36 heavy (non-hydrogen) atoms. The fourth-order valence-electron chi connectivity index (χ4n) is 4.25. The maximum absolute atomic E-state index is 13.6. The third-order valence-corrected chi connectivity index (χ3v) is 7.75. The number of sulfonamides is 1. The van der Waals surface area contributed by atoms with Crippen LogP contribution >= 0.6 is 11.6 Å². The van der Waals surface area contributed by atoms with Crippen LogP contribution < -0.4 is 9.62 Å². The molecule has 0 aromatic heterocycles. The molecule has 1 saturated carbocycles. The van der Waals surface area contributed by atoms with E-state index in [2.05, 4.69) is 5.32 Å². The Morgan fingerprint density at radius 2 is 1.72 bits per heavy atom. The highest BCUT2D eigenvalue weighted by Crippen LogP contribution is 2.22. The Labute approximate surface area is 217 Å². The van der Waals surface area contributed by atoms with Crippen molar-refractivity contribution in [1.82, 2.24) is 10.2 Å². The number of rotatable bonds is 10. The number of hydrogen-bond acceptors (Lipinski definition) is 5. The number of amides is 2. The Hall–Kier alpha value is -2.91. The predicted octanol–water partition coefficient (Wildman–Crippen LogP) is 3.78. The van der Waals surface area contributed by atoms with Gasteiger partial charge in [-0.1, -0.05) is 48.7 Å². The van der Waals surface area contributed by atoms with Gasteiger partial charge in [-0.2, -0.15) is 0 Å². The van der Waals surface area contributed by atoms with Crippen molar-refractivity contribution in [3.8, 4) is 0 Å². The van der Waals surface area contributed by atoms with Crippen LogP contribution in [0.15, 0.2) is 48.5 Å². The molecule has 0 radical (unpaired) electrons. The fraction of sp³-hybridized carbons (Fsp3) is 0.423. The number of ketones is 1. The highest BCUT2D eigenvalue weighted by Gasteiger charge is 2.31. The number of carbonyl (C=O) groups excluding carboxylic acids is 3. The highest BCUT2D eigenvalue weighted by atomic mass is 35.5. The normalized spacial score (nSPS) is 14.8. The molecule has 0 spiro atoms. The monoisotopic (exact) mass is 533 g/mol. The number of halogens is 1. The van der Waals surface area contributed by atoms with Crippen molar-refractivity contribution < 1.29 is 22.8 Å². The van der Waals surface area contributed by atoms with Gasteiger partial charge in [0, 0.05) is 23.2 Å². The van der Waals surface area contributed by atoms with Crippen molar-refractivity contribution in [2.75, 3.05) is 17.1 Å². The molecule has 10 heteroatoms. The minimum Gasteiger partial charge on any atom is -0.352 e. The summed E-state index contributed by atoms with van der Waals surface area (Å²) in [7, 11) is -3.88. The molecule has 1 fully saturated rings. The van der Waals surface area contributed by atoms with Crippen LogP contribution in [0.1, 0.15) is 55.5 Å². The number of Topliss-reactive ketones (excluding diaryl/α,β-unsaturated/α-hetero) is 1. The first-order chi connectivity index (χ1) is 17.0. The third kappa shape index (κ3) is 7.30. The van der Waals surface area contributed by atoms with E-state index in [9.17, 15) is 22.8 Å². The molecule has 8 nitrogen and oxygen atoms in total. The zero-order chi connectivity index (χ0) is 26.5. The van der Waals surface area contributed by atoms with E-state index < -0.39 is 28.5 Å². The van der Waals surface area contributed by atoms with E-state index >= 15 is 0 Å². The SMILES string of the molecule is CC(=O)c1cccc(N(CC(=O)N(Cc2ccc(Cl)cc2)[C@H](C)C(=O)NC2CCCC2)S(C)(=O)=O)c1. The number of anilines is 1. The van der Waals surface area contributed by atoms with E-state index in [1.807, 2.05) is 0 Å². The quantitative estimate of drug-likeness (QED) is 0.468. The summed E-state index contributed by atoms with van der Waals surface area (Å²) in [5.41, 5.74) is 1.28. The van der Waals surface area contributed by atoms with E-state index in [1.165, 1.54) is 24.0 Å². The summed E-state index contributed by atoms with van der Waals surface area (Å²) in [5.74, 6) is -1.05. The van der Waals surface area contributed by atoms with Crippen LogP contribution in [0.3, 0.4) is 0 Å². The van der Waals surface area contributed by atoms with Gasteiger partial charge in [0.25, 0.3) is 0 Å². The molecule has 2 aromatic carbocycles. The number of nitrogens with one attached hydrogen (secondary N) is 1. The van der Waals surface area contributed by atoms with Crippen LogP contribution in [0.4, 0.5) is 5.69 Å². The lowest BCUT2D eigenvalue weighted by Crippen LogP contribution is -2.52. The van der Waals surface area contributed by atoms with Crippen molar-refractivity contribution in [3.63, 3.8) is 0 Å². The maximum atomic E-state index is 13.6. The summed E-state index contributed by atoms with van der Waals surface area (Å²) in [6.07, 6.45) is 4.90. The summed E-state index contributed by atoms with van der Waals surface area (Å²) in [4.78, 5) is 39.9. The summed E-state index contributed by atoms with van der Waals surface area (Å²) in [5, 5.41) is 3.56. The molecule has 0 bridgehead atoms. The zero-order valence-corrected chi connectivity index (χ0v) is 22.3. The van der Waals surface area contributed by atoms with Crippen LogP contribution in [-0.2, 0) is 26.2 Å². The Morgan fingerprint density at radius 1 is 1.08 bits per heavy atom. The smallest absolute Gasteiger partial charge is 0.244 e. The van der Waals surface area contributed by atoms with Crippen LogP contribution in [0, 0.1) is 0 Å². The van der Waals surface area contributed by atoms with E-state index in [4.69, 9.17) is 11.6 Å².